The molecule has 63 heavy (non-hydrogen) atoms. The highest BCUT2D eigenvalue weighted by Gasteiger charge is 2.29. The minimum Gasteiger partial charge on any atom is -0.308 e. The van der Waals surface area contributed by atoms with Crippen molar-refractivity contribution in [2.75, 3.05) is 0 Å². The number of hydrogen-bond donors (Lipinski definition) is 0. The number of halogens is 2. The van der Waals surface area contributed by atoms with Gasteiger partial charge in [-0.1, -0.05) is 123 Å². The highest BCUT2D eigenvalue weighted by molar-refractivity contribution is 7.27. The maximum absolute atomic E-state index is 15.0. The number of para-hydroxylation sites is 2. The summed E-state index contributed by atoms with van der Waals surface area (Å²) < 4.78 is 39.8. The van der Waals surface area contributed by atoms with E-state index in [2.05, 4.69) is 150 Å². The van der Waals surface area contributed by atoms with Crippen molar-refractivity contribution in [1.29, 1.82) is 0 Å². The monoisotopic (exact) mass is 850 g/mol. The number of nitrogens with zero attached hydrogens (tertiary/aromatic N) is 2. The topological polar surface area (TPSA) is 9.86 Å². The van der Waals surface area contributed by atoms with Gasteiger partial charge < -0.3 is 9.13 Å². The summed E-state index contributed by atoms with van der Waals surface area (Å²) in [5, 5.41) is 9.80. The summed E-state index contributed by atoms with van der Waals surface area (Å²) in [6.45, 7) is 4.48. The first kappa shape index (κ1) is 36.5. The average Bonchev–Trinajstić information content (AvgIpc) is 4.06. The maximum Gasteiger partial charge on any atom is 0.123 e. The molecule has 0 amide bonds. The second-order valence-corrected chi connectivity index (χ2v) is 18.9. The molecular weight excluding hydrogens is 815 g/mol. The highest BCUT2D eigenvalue weighted by atomic mass is 32.1. The molecule has 0 spiro atoms. The van der Waals surface area contributed by atoms with Gasteiger partial charge in [-0.3, -0.25) is 0 Å². The second kappa shape index (κ2) is 13.7. The third-order valence-corrected chi connectivity index (χ3v) is 15.4. The van der Waals surface area contributed by atoms with Crippen molar-refractivity contribution < 1.29 is 8.78 Å². The van der Waals surface area contributed by atoms with Gasteiger partial charge in [-0.05, 0) is 89.3 Å². The maximum atomic E-state index is 15.0. The minimum atomic E-state index is -0.288. The fourth-order valence-electron chi connectivity index (χ4n) is 10.4. The molecule has 4 heterocycles. The number of thiophene rings is 2. The molecule has 0 unspecified atom stereocenters. The standard InChI is InChI=1S/C57H36F2N2S2/c1-32(2)51-52(33-19-23-35(58)24-20-33)47(60-43-15-7-3-13-41(43)54-45(60)29-27-39-37-11-5-9-17-49(37)62-56(39)54)31-48(53(51)34-21-25-36(59)26-22-34)61-44-16-8-4-14-42(44)55-46(61)30-28-40-38-12-6-10-18-50(38)63-57(40)55/h3-32H,1-2H3. The zero-order valence-electron chi connectivity index (χ0n) is 34.3. The van der Waals surface area contributed by atoms with Gasteiger partial charge in [0.1, 0.15) is 11.6 Å². The lowest BCUT2D eigenvalue weighted by atomic mass is 9.83. The average molecular weight is 851 g/mol. The van der Waals surface area contributed by atoms with Gasteiger partial charge in [-0.2, -0.15) is 0 Å². The van der Waals surface area contributed by atoms with Crippen molar-refractivity contribution in [2.45, 2.75) is 19.8 Å². The van der Waals surface area contributed by atoms with E-state index < -0.39 is 0 Å². The van der Waals surface area contributed by atoms with E-state index in [9.17, 15) is 8.78 Å². The Kier molecular flexibility index (Phi) is 7.94. The van der Waals surface area contributed by atoms with Crippen molar-refractivity contribution in [1.82, 2.24) is 9.13 Å². The van der Waals surface area contributed by atoms with Crippen molar-refractivity contribution in [3.63, 3.8) is 0 Å². The quantitative estimate of drug-likeness (QED) is 0.163. The lowest BCUT2D eigenvalue weighted by Crippen LogP contribution is -2.09. The zero-order chi connectivity index (χ0) is 42.1. The summed E-state index contributed by atoms with van der Waals surface area (Å²) >= 11 is 3.69. The molecule has 13 aromatic rings. The van der Waals surface area contributed by atoms with Crippen LogP contribution >= 0.6 is 22.7 Å². The van der Waals surface area contributed by atoms with Crippen LogP contribution in [0.1, 0.15) is 25.3 Å². The minimum absolute atomic E-state index is 0.00593. The molecule has 0 bridgehead atoms. The predicted molar refractivity (Wildman–Crippen MR) is 266 cm³/mol. The summed E-state index contributed by atoms with van der Waals surface area (Å²) in [6, 6.07) is 60.2. The predicted octanol–water partition coefficient (Wildman–Crippen LogP) is 17.4. The van der Waals surface area contributed by atoms with E-state index >= 15 is 0 Å². The molecule has 300 valence electrons. The number of fused-ring (bicyclic) bond motifs is 14. The Morgan fingerprint density at radius 3 is 1.22 bits per heavy atom. The smallest absolute Gasteiger partial charge is 0.123 e. The summed E-state index contributed by atoms with van der Waals surface area (Å²) in [5.74, 6) is -0.583. The molecule has 9 aromatic carbocycles. The first-order chi connectivity index (χ1) is 30.9. The molecule has 4 aromatic heterocycles. The number of rotatable bonds is 5. The summed E-state index contributed by atoms with van der Waals surface area (Å²) in [7, 11) is 0. The lowest BCUT2D eigenvalue weighted by Gasteiger charge is -2.27. The van der Waals surface area contributed by atoms with E-state index in [0.717, 1.165) is 61.3 Å². The van der Waals surface area contributed by atoms with Crippen LogP contribution in [0, 0.1) is 11.6 Å². The SMILES string of the molecule is CC(C)c1c(-c2ccc(F)cc2)c(-n2c3ccccc3c3c4sc5ccccc5c4ccc32)cc(-n2c3ccccc3c3c4sc5ccccc5c4ccc32)c1-c1ccc(F)cc1. The molecule has 0 aliphatic rings. The first-order valence-electron chi connectivity index (χ1n) is 21.3. The Balaban J connectivity index is 1.25. The van der Waals surface area contributed by atoms with Crippen LogP contribution in [-0.4, -0.2) is 9.13 Å². The van der Waals surface area contributed by atoms with Crippen molar-refractivity contribution in [3.8, 4) is 33.6 Å². The second-order valence-electron chi connectivity index (χ2n) is 16.8. The van der Waals surface area contributed by atoms with Gasteiger partial charge in [0.05, 0.1) is 33.4 Å². The van der Waals surface area contributed by atoms with E-state index in [-0.39, 0.29) is 17.6 Å². The molecule has 13 rings (SSSR count). The Bertz CT molecular complexity index is 3760. The normalized spacial score (nSPS) is 12.3. The molecule has 0 aliphatic heterocycles. The Hall–Kier alpha value is -7.12. The van der Waals surface area contributed by atoms with Crippen molar-refractivity contribution in [2.24, 2.45) is 0 Å². The molecule has 0 atom stereocenters. The van der Waals surface area contributed by atoms with Gasteiger partial charge in [-0.15, -0.1) is 22.7 Å². The fraction of sp³-hybridized carbons (Fsp3) is 0.0526. The molecular formula is C57H36F2N2S2. The van der Waals surface area contributed by atoms with E-state index in [1.165, 1.54) is 61.9 Å². The summed E-state index contributed by atoms with van der Waals surface area (Å²) in [4.78, 5) is 0. The Labute approximate surface area is 369 Å². The van der Waals surface area contributed by atoms with Gasteiger partial charge in [0, 0.05) is 73.0 Å². The molecule has 2 nitrogen and oxygen atoms in total. The van der Waals surface area contributed by atoms with E-state index in [1.807, 2.05) is 46.9 Å². The van der Waals surface area contributed by atoms with E-state index in [1.54, 1.807) is 24.3 Å². The van der Waals surface area contributed by atoms with Gasteiger partial charge in [0.15, 0.2) is 0 Å². The van der Waals surface area contributed by atoms with Crippen LogP contribution in [0.3, 0.4) is 0 Å². The molecule has 0 N–H and O–H groups in total. The molecule has 0 saturated heterocycles. The highest BCUT2D eigenvalue weighted by Crippen LogP contribution is 2.51. The largest absolute Gasteiger partial charge is 0.308 e. The van der Waals surface area contributed by atoms with Crippen molar-refractivity contribution >= 4 is 107 Å². The number of aromatic nitrogens is 2. The number of hydrogen-bond acceptors (Lipinski definition) is 2. The summed E-state index contributed by atoms with van der Waals surface area (Å²) in [6.07, 6.45) is 0. The van der Waals surface area contributed by atoms with Crippen LogP contribution in [0.4, 0.5) is 8.78 Å². The van der Waals surface area contributed by atoms with Crippen LogP contribution in [0.25, 0.3) is 118 Å². The van der Waals surface area contributed by atoms with Crippen molar-refractivity contribution in [3.05, 3.63) is 193 Å². The van der Waals surface area contributed by atoms with E-state index in [4.69, 9.17) is 0 Å². The van der Waals surface area contributed by atoms with Gasteiger partial charge in [-0.25, -0.2) is 8.78 Å². The molecule has 0 saturated carbocycles. The van der Waals surface area contributed by atoms with Gasteiger partial charge >= 0.3 is 0 Å². The molecule has 0 radical (unpaired) electrons. The number of benzene rings is 9. The summed E-state index contributed by atoms with van der Waals surface area (Å²) in [5.41, 5.74) is 11.3. The van der Waals surface area contributed by atoms with Crippen LogP contribution < -0.4 is 0 Å². The lowest BCUT2D eigenvalue weighted by molar-refractivity contribution is 0.627. The third kappa shape index (κ3) is 5.26. The molecule has 0 fully saturated rings. The van der Waals surface area contributed by atoms with Crippen LogP contribution in [0.15, 0.2) is 176 Å². The Morgan fingerprint density at radius 2 is 0.794 bits per heavy atom. The van der Waals surface area contributed by atoms with Crippen LogP contribution in [-0.2, 0) is 0 Å². The fourth-order valence-corrected chi connectivity index (χ4v) is 13.0. The Morgan fingerprint density at radius 1 is 0.397 bits per heavy atom. The van der Waals surface area contributed by atoms with E-state index in [0.29, 0.717) is 0 Å². The van der Waals surface area contributed by atoms with Crippen LogP contribution in [0.2, 0.25) is 0 Å². The van der Waals surface area contributed by atoms with Crippen LogP contribution in [0.5, 0.6) is 0 Å². The molecule has 0 aliphatic carbocycles. The van der Waals surface area contributed by atoms with Gasteiger partial charge in [0.25, 0.3) is 0 Å². The zero-order valence-corrected chi connectivity index (χ0v) is 35.9. The molecule has 6 heteroatoms. The third-order valence-electron chi connectivity index (χ3n) is 13.0. The van der Waals surface area contributed by atoms with Gasteiger partial charge in [0.2, 0.25) is 0 Å². The first-order valence-corrected chi connectivity index (χ1v) is 23.0.